The lowest BCUT2D eigenvalue weighted by molar-refractivity contribution is -0.147. The molecule has 4 atom stereocenters. The summed E-state index contributed by atoms with van der Waals surface area (Å²) in [6.07, 6.45) is 7.91. The van der Waals surface area contributed by atoms with E-state index in [0.29, 0.717) is 13.2 Å². The first kappa shape index (κ1) is 29.3. The molecular formula is C31H38O7. The smallest absolute Gasteiger partial charge is 0.331 e. The Kier molecular flexibility index (Phi) is 11.7. The molecule has 2 fully saturated rings. The van der Waals surface area contributed by atoms with Crippen LogP contribution in [0.3, 0.4) is 0 Å². The summed E-state index contributed by atoms with van der Waals surface area (Å²) in [5.41, 5.74) is 3.15. The molecule has 0 radical (unpaired) electrons. The van der Waals surface area contributed by atoms with E-state index in [0.717, 1.165) is 36.3 Å². The highest BCUT2D eigenvalue weighted by atomic mass is 16.6. The number of fused-ring (bicyclic) bond motifs is 1. The van der Waals surface area contributed by atoms with Crippen molar-refractivity contribution in [3.05, 3.63) is 77.4 Å². The van der Waals surface area contributed by atoms with Crippen molar-refractivity contribution in [2.75, 3.05) is 26.9 Å². The quantitative estimate of drug-likeness (QED) is 0.241. The number of methoxy groups -OCH3 is 1. The van der Waals surface area contributed by atoms with E-state index in [2.05, 4.69) is 6.92 Å². The minimum Gasteiger partial charge on any atom is -0.494 e. The standard InChI is InChI=1S/C17H20O5.C14H18O2/c1-11-3-5-12(6-4-11)7-8-15(18)22-14-10-21-16-13(19-2)9-20-17(14)16;1-3-4-11-16-14-9-7-13(8-10-14)6-5-12(2)15/h3-8,13-14,16-17H,9-10H2,1-2H3;5-10H,3-4,11H2,1-2H3/b8-7+;6-5+/t13-,14-,16-,17-;/m1./s1. The summed E-state index contributed by atoms with van der Waals surface area (Å²) < 4.78 is 27.5. The molecule has 38 heavy (non-hydrogen) atoms. The number of ketones is 1. The maximum absolute atomic E-state index is 11.9. The SMILES string of the molecule is CCCCOc1ccc(/C=C/C(C)=O)cc1.CO[C@@H]1CO[C@H]2[C@@H]1OC[C@H]2OC(=O)/C=C/c1ccc(C)cc1. The number of benzene rings is 2. The molecule has 0 spiro atoms. The number of allylic oxidation sites excluding steroid dienone is 1. The Morgan fingerprint density at radius 1 is 0.895 bits per heavy atom. The summed E-state index contributed by atoms with van der Waals surface area (Å²) in [5.74, 6) is 0.552. The van der Waals surface area contributed by atoms with E-state index >= 15 is 0 Å². The van der Waals surface area contributed by atoms with Gasteiger partial charge in [0.2, 0.25) is 0 Å². The van der Waals surface area contributed by atoms with Gasteiger partial charge < -0.3 is 23.7 Å². The van der Waals surface area contributed by atoms with Crippen molar-refractivity contribution in [2.45, 2.75) is 58.0 Å². The maximum atomic E-state index is 11.9. The molecule has 0 aliphatic carbocycles. The third-order valence-electron chi connectivity index (χ3n) is 6.18. The van der Waals surface area contributed by atoms with E-state index < -0.39 is 0 Å². The van der Waals surface area contributed by atoms with Crippen LogP contribution in [0.25, 0.3) is 12.2 Å². The topological polar surface area (TPSA) is 80.3 Å². The number of hydrogen-bond donors (Lipinski definition) is 0. The molecule has 2 heterocycles. The Morgan fingerprint density at radius 3 is 2.08 bits per heavy atom. The van der Waals surface area contributed by atoms with Gasteiger partial charge in [0.05, 0.1) is 19.8 Å². The monoisotopic (exact) mass is 522 g/mol. The number of carbonyl (C=O) groups is 2. The van der Waals surface area contributed by atoms with Gasteiger partial charge in [-0.2, -0.15) is 0 Å². The predicted octanol–water partition coefficient (Wildman–Crippen LogP) is 5.20. The Bertz CT molecular complexity index is 1070. The van der Waals surface area contributed by atoms with Gasteiger partial charge in [0.15, 0.2) is 11.9 Å². The van der Waals surface area contributed by atoms with Gasteiger partial charge >= 0.3 is 5.97 Å². The Labute approximate surface area is 225 Å². The lowest BCUT2D eigenvalue weighted by Crippen LogP contribution is -2.34. The minimum atomic E-state index is -0.390. The van der Waals surface area contributed by atoms with Crippen molar-refractivity contribution in [1.29, 1.82) is 0 Å². The molecule has 7 heteroatoms. The van der Waals surface area contributed by atoms with E-state index in [1.165, 1.54) is 11.6 Å². The highest BCUT2D eigenvalue weighted by molar-refractivity contribution is 5.91. The second kappa shape index (κ2) is 15.2. The molecule has 2 aromatic carbocycles. The van der Waals surface area contributed by atoms with Crippen LogP contribution < -0.4 is 4.74 Å². The molecular weight excluding hydrogens is 484 g/mol. The van der Waals surface area contributed by atoms with E-state index in [4.69, 9.17) is 23.7 Å². The van der Waals surface area contributed by atoms with Crippen LogP contribution in [0.1, 0.15) is 43.4 Å². The van der Waals surface area contributed by atoms with Crippen molar-refractivity contribution < 1.29 is 33.3 Å². The lowest BCUT2D eigenvalue weighted by atomic mass is 10.1. The molecule has 0 N–H and O–H groups in total. The number of carbonyl (C=O) groups excluding carboxylic acids is 2. The number of aryl methyl sites for hydroxylation is 1. The number of rotatable bonds is 10. The van der Waals surface area contributed by atoms with Crippen molar-refractivity contribution >= 4 is 23.9 Å². The number of unbranched alkanes of at least 4 members (excludes halogenated alkanes) is 1. The molecule has 4 rings (SSSR count). The number of esters is 1. The zero-order valence-corrected chi connectivity index (χ0v) is 22.6. The van der Waals surface area contributed by atoms with Crippen LogP contribution >= 0.6 is 0 Å². The van der Waals surface area contributed by atoms with Gasteiger partial charge in [-0.05, 0) is 55.7 Å². The molecule has 0 amide bonds. The largest absolute Gasteiger partial charge is 0.494 e. The first-order chi connectivity index (χ1) is 18.4. The van der Waals surface area contributed by atoms with Crippen LogP contribution in [-0.2, 0) is 28.5 Å². The summed E-state index contributed by atoms with van der Waals surface area (Å²) in [6, 6.07) is 15.6. The molecule has 2 aromatic rings. The van der Waals surface area contributed by atoms with Gasteiger partial charge in [0.25, 0.3) is 0 Å². The summed E-state index contributed by atoms with van der Waals surface area (Å²) in [5, 5.41) is 0. The van der Waals surface area contributed by atoms with Gasteiger partial charge in [0, 0.05) is 13.2 Å². The second-order valence-electron chi connectivity index (χ2n) is 9.30. The van der Waals surface area contributed by atoms with Gasteiger partial charge in [-0.25, -0.2) is 4.79 Å². The van der Waals surface area contributed by atoms with Crippen LogP contribution in [0.5, 0.6) is 5.75 Å². The third-order valence-corrected chi connectivity index (χ3v) is 6.18. The van der Waals surface area contributed by atoms with Crippen LogP contribution in [-0.4, -0.2) is 63.1 Å². The molecule has 0 unspecified atom stereocenters. The molecule has 2 saturated heterocycles. The van der Waals surface area contributed by atoms with Crippen molar-refractivity contribution in [1.82, 2.24) is 0 Å². The average molecular weight is 523 g/mol. The zero-order valence-electron chi connectivity index (χ0n) is 22.6. The second-order valence-corrected chi connectivity index (χ2v) is 9.30. The van der Waals surface area contributed by atoms with Crippen molar-refractivity contribution in [3.63, 3.8) is 0 Å². The number of hydrogen-bond acceptors (Lipinski definition) is 7. The molecule has 0 aromatic heterocycles. The Balaban J connectivity index is 0.000000223. The molecule has 7 nitrogen and oxygen atoms in total. The van der Waals surface area contributed by atoms with Gasteiger partial charge in [-0.15, -0.1) is 0 Å². The van der Waals surface area contributed by atoms with Gasteiger partial charge in [-0.3, -0.25) is 4.79 Å². The third kappa shape index (κ3) is 9.24. The fourth-order valence-corrected chi connectivity index (χ4v) is 3.99. The van der Waals surface area contributed by atoms with Crippen molar-refractivity contribution in [2.24, 2.45) is 0 Å². The van der Waals surface area contributed by atoms with Crippen LogP contribution in [0.2, 0.25) is 0 Å². The molecule has 204 valence electrons. The highest BCUT2D eigenvalue weighted by Crippen LogP contribution is 2.30. The van der Waals surface area contributed by atoms with E-state index in [9.17, 15) is 9.59 Å². The van der Waals surface area contributed by atoms with E-state index in [1.54, 1.807) is 32.3 Å². The maximum Gasteiger partial charge on any atom is 0.331 e. The average Bonchev–Trinajstić information content (AvgIpc) is 3.51. The molecule has 0 saturated carbocycles. The molecule has 2 aliphatic heterocycles. The fourth-order valence-electron chi connectivity index (χ4n) is 3.99. The Morgan fingerprint density at radius 2 is 1.47 bits per heavy atom. The normalized spacial score (nSPS) is 22.2. The summed E-state index contributed by atoms with van der Waals surface area (Å²) in [6.45, 7) is 7.28. The zero-order chi connectivity index (χ0) is 27.3. The van der Waals surface area contributed by atoms with Gasteiger partial charge in [0.1, 0.15) is 24.1 Å². The van der Waals surface area contributed by atoms with E-state index in [-0.39, 0.29) is 36.2 Å². The first-order valence-electron chi connectivity index (χ1n) is 13.0. The predicted molar refractivity (Wildman–Crippen MR) is 147 cm³/mol. The van der Waals surface area contributed by atoms with Crippen LogP contribution in [0.4, 0.5) is 0 Å². The highest BCUT2D eigenvalue weighted by Gasteiger charge is 2.49. The molecule has 0 bridgehead atoms. The lowest BCUT2D eigenvalue weighted by Gasteiger charge is -2.15. The first-order valence-corrected chi connectivity index (χ1v) is 13.0. The van der Waals surface area contributed by atoms with E-state index in [1.807, 2.05) is 55.5 Å². The van der Waals surface area contributed by atoms with Crippen molar-refractivity contribution in [3.8, 4) is 5.75 Å². The molecule has 2 aliphatic rings. The summed E-state index contributed by atoms with van der Waals surface area (Å²) >= 11 is 0. The fraction of sp³-hybridized carbons (Fsp3) is 0.419. The number of ether oxygens (including phenoxy) is 5. The minimum absolute atomic E-state index is 0.0586. The van der Waals surface area contributed by atoms with Crippen LogP contribution in [0.15, 0.2) is 60.7 Å². The Hall–Kier alpha value is -3.26. The summed E-state index contributed by atoms with van der Waals surface area (Å²) in [7, 11) is 1.63. The summed E-state index contributed by atoms with van der Waals surface area (Å²) in [4.78, 5) is 22.7. The van der Waals surface area contributed by atoms with Gasteiger partial charge in [-0.1, -0.05) is 61.4 Å². The van der Waals surface area contributed by atoms with Crippen LogP contribution in [0, 0.1) is 6.92 Å².